The van der Waals surface area contributed by atoms with Gasteiger partial charge in [-0.05, 0) is 57.2 Å². The Morgan fingerprint density at radius 1 is 1.14 bits per heavy atom. The lowest BCUT2D eigenvalue weighted by Crippen LogP contribution is -2.37. The molecule has 1 N–H and O–H groups in total. The molecule has 3 rings (SSSR count). The maximum Gasteiger partial charge on any atom is 0.347 e. The van der Waals surface area contributed by atoms with Crippen molar-refractivity contribution >= 4 is 17.7 Å². The monoisotopic (exact) mass is 397 g/mol. The van der Waals surface area contributed by atoms with Crippen LogP contribution < -0.4 is 4.74 Å². The van der Waals surface area contributed by atoms with Gasteiger partial charge in [0, 0.05) is 22.6 Å². The molecule has 2 aromatic carbocycles. The zero-order chi connectivity index (χ0) is 20.1. The molecule has 146 valence electrons. The summed E-state index contributed by atoms with van der Waals surface area (Å²) >= 11 is 1.71. The average molecular weight is 397 g/mol. The summed E-state index contributed by atoms with van der Waals surface area (Å²) in [6.45, 7) is 5.00. The fourth-order valence-corrected chi connectivity index (χ4v) is 3.43. The van der Waals surface area contributed by atoms with Crippen LogP contribution in [0, 0.1) is 6.92 Å². The predicted molar refractivity (Wildman–Crippen MR) is 110 cm³/mol. The van der Waals surface area contributed by atoms with Crippen LogP contribution in [0.3, 0.4) is 0 Å². The average Bonchev–Trinajstić information content (AvgIpc) is 3.04. The van der Waals surface area contributed by atoms with Crippen LogP contribution in [0.5, 0.6) is 5.75 Å². The van der Waals surface area contributed by atoms with Gasteiger partial charge in [0.2, 0.25) is 5.89 Å². The first-order valence-electron chi connectivity index (χ1n) is 9.02. The Bertz CT molecular complexity index is 933. The molecule has 0 saturated carbocycles. The van der Waals surface area contributed by atoms with E-state index in [1.165, 1.54) is 13.8 Å². The Hall–Kier alpha value is -2.73. The number of aromatic nitrogens is 1. The smallest absolute Gasteiger partial charge is 0.347 e. The molecule has 0 aliphatic rings. The summed E-state index contributed by atoms with van der Waals surface area (Å²) in [7, 11) is 0. The van der Waals surface area contributed by atoms with Gasteiger partial charge in [-0.3, -0.25) is 0 Å². The molecule has 0 amide bonds. The van der Waals surface area contributed by atoms with E-state index < -0.39 is 11.6 Å². The fraction of sp³-hybridized carbons (Fsp3) is 0.273. The molecule has 0 aliphatic carbocycles. The number of benzene rings is 2. The standard InChI is InChI=1S/C22H23NO4S/c1-15-19(23-20(26-15)16-7-5-4-6-8-16)13-14-28-18-11-9-17(10-12-18)27-22(2,3)21(24)25/h4-12H,13-14H2,1-3H3,(H,24,25). The fourth-order valence-electron chi connectivity index (χ4n) is 2.57. The van der Waals surface area contributed by atoms with Crippen LogP contribution in [-0.2, 0) is 11.2 Å². The third-order valence-electron chi connectivity index (χ3n) is 4.23. The highest BCUT2D eigenvalue weighted by Crippen LogP contribution is 2.26. The van der Waals surface area contributed by atoms with Crippen LogP contribution >= 0.6 is 11.8 Å². The molecule has 0 saturated heterocycles. The van der Waals surface area contributed by atoms with Crippen LogP contribution in [-0.4, -0.2) is 27.4 Å². The van der Waals surface area contributed by atoms with E-state index in [1.807, 2.05) is 49.4 Å². The molecule has 1 aromatic heterocycles. The van der Waals surface area contributed by atoms with E-state index in [0.29, 0.717) is 11.6 Å². The number of thioether (sulfide) groups is 1. The Labute approximate surface area is 168 Å². The number of rotatable bonds is 8. The van der Waals surface area contributed by atoms with E-state index in [-0.39, 0.29) is 0 Å². The van der Waals surface area contributed by atoms with Crippen molar-refractivity contribution in [1.29, 1.82) is 0 Å². The molecule has 1 heterocycles. The van der Waals surface area contributed by atoms with Crippen LogP contribution in [0.4, 0.5) is 0 Å². The highest BCUT2D eigenvalue weighted by Gasteiger charge is 2.29. The number of oxazole rings is 1. The molecule has 0 atom stereocenters. The lowest BCUT2D eigenvalue weighted by atomic mass is 10.1. The summed E-state index contributed by atoms with van der Waals surface area (Å²) < 4.78 is 11.3. The van der Waals surface area contributed by atoms with Gasteiger partial charge in [0.25, 0.3) is 0 Å². The van der Waals surface area contributed by atoms with Gasteiger partial charge in [-0.25, -0.2) is 9.78 Å². The van der Waals surface area contributed by atoms with Gasteiger partial charge in [-0.2, -0.15) is 0 Å². The second-order valence-electron chi connectivity index (χ2n) is 6.88. The summed E-state index contributed by atoms with van der Waals surface area (Å²) in [5, 5.41) is 9.14. The van der Waals surface area contributed by atoms with Crippen molar-refractivity contribution in [3.63, 3.8) is 0 Å². The van der Waals surface area contributed by atoms with E-state index in [0.717, 1.165) is 34.1 Å². The number of nitrogens with zero attached hydrogens (tertiary/aromatic N) is 1. The summed E-state index contributed by atoms with van der Waals surface area (Å²) in [5.74, 6) is 1.91. The van der Waals surface area contributed by atoms with E-state index in [4.69, 9.17) is 14.3 Å². The summed E-state index contributed by atoms with van der Waals surface area (Å²) in [6.07, 6.45) is 0.803. The number of carbonyl (C=O) groups is 1. The molecule has 0 unspecified atom stereocenters. The topological polar surface area (TPSA) is 72.6 Å². The van der Waals surface area contributed by atoms with Crippen molar-refractivity contribution in [2.24, 2.45) is 0 Å². The van der Waals surface area contributed by atoms with Crippen molar-refractivity contribution in [3.8, 4) is 17.2 Å². The van der Waals surface area contributed by atoms with Gasteiger partial charge in [-0.1, -0.05) is 18.2 Å². The minimum Gasteiger partial charge on any atom is -0.478 e. The van der Waals surface area contributed by atoms with Gasteiger partial charge < -0.3 is 14.3 Å². The molecular formula is C22H23NO4S. The maximum absolute atomic E-state index is 11.1. The third kappa shape index (κ3) is 4.95. The second kappa shape index (κ2) is 8.52. The summed E-state index contributed by atoms with van der Waals surface area (Å²) in [5.41, 5.74) is 0.689. The van der Waals surface area contributed by atoms with Crippen LogP contribution in [0.15, 0.2) is 63.9 Å². The van der Waals surface area contributed by atoms with Crippen molar-refractivity contribution in [3.05, 3.63) is 66.1 Å². The molecule has 6 heteroatoms. The third-order valence-corrected chi connectivity index (χ3v) is 5.25. The molecule has 0 bridgehead atoms. The summed E-state index contributed by atoms with van der Waals surface area (Å²) in [6, 6.07) is 17.3. The molecule has 0 aliphatic heterocycles. The molecule has 0 spiro atoms. The van der Waals surface area contributed by atoms with Crippen LogP contribution in [0.1, 0.15) is 25.3 Å². The van der Waals surface area contributed by atoms with Gasteiger partial charge in [0.15, 0.2) is 5.60 Å². The van der Waals surface area contributed by atoms with Crippen LogP contribution in [0.25, 0.3) is 11.5 Å². The first-order chi connectivity index (χ1) is 13.3. The molecule has 28 heavy (non-hydrogen) atoms. The van der Waals surface area contributed by atoms with Crippen molar-refractivity contribution in [2.75, 3.05) is 5.75 Å². The number of ether oxygens (including phenoxy) is 1. The largest absolute Gasteiger partial charge is 0.478 e. The molecule has 0 fully saturated rings. The predicted octanol–water partition coefficient (Wildman–Crippen LogP) is 5.23. The Morgan fingerprint density at radius 2 is 1.82 bits per heavy atom. The molecule has 5 nitrogen and oxygen atoms in total. The number of carboxylic acid groups (broad SMARTS) is 1. The van der Waals surface area contributed by atoms with Crippen molar-refractivity contribution in [2.45, 2.75) is 37.7 Å². The van der Waals surface area contributed by atoms with E-state index in [9.17, 15) is 4.79 Å². The number of aliphatic carboxylic acids is 1. The Morgan fingerprint density at radius 3 is 2.46 bits per heavy atom. The lowest BCUT2D eigenvalue weighted by Gasteiger charge is -2.21. The first-order valence-corrected chi connectivity index (χ1v) is 10.0. The second-order valence-corrected chi connectivity index (χ2v) is 8.04. The minimum absolute atomic E-state index is 0.539. The number of hydrogen-bond donors (Lipinski definition) is 1. The zero-order valence-corrected chi connectivity index (χ0v) is 17.0. The highest BCUT2D eigenvalue weighted by atomic mass is 32.2. The Kier molecular flexibility index (Phi) is 6.09. The zero-order valence-electron chi connectivity index (χ0n) is 16.1. The van der Waals surface area contributed by atoms with Crippen LogP contribution in [0.2, 0.25) is 0 Å². The highest BCUT2D eigenvalue weighted by molar-refractivity contribution is 7.99. The maximum atomic E-state index is 11.1. The number of carboxylic acids is 1. The van der Waals surface area contributed by atoms with Gasteiger partial charge >= 0.3 is 5.97 Å². The summed E-state index contributed by atoms with van der Waals surface area (Å²) in [4.78, 5) is 16.9. The van der Waals surface area contributed by atoms with Crippen molar-refractivity contribution < 1.29 is 19.1 Å². The van der Waals surface area contributed by atoms with Crippen molar-refractivity contribution in [1.82, 2.24) is 4.98 Å². The van der Waals surface area contributed by atoms with E-state index in [2.05, 4.69) is 4.98 Å². The minimum atomic E-state index is -1.25. The molecular weight excluding hydrogens is 374 g/mol. The lowest BCUT2D eigenvalue weighted by molar-refractivity contribution is -0.152. The normalized spacial score (nSPS) is 11.4. The first kappa shape index (κ1) is 20.0. The SMILES string of the molecule is Cc1oc(-c2ccccc2)nc1CCSc1ccc(OC(C)(C)C(=O)O)cc1. The molecule has 3 aromatic rings. The number of hydrogen-bond acceptors (Lipinski definition) is 5. The Balaban J connectivity index is 1.56. The van der Waals surface area contributed by atoms with Gasteiger partial charge in [-0.15, -0.1) is 11.8 Å². The van der Waals surface area contributed by atoms with Gasteiger partial charge in [0.05, 0.1) is 5.69 Å². The molecule has 0 radical (unpaired) electrons. The quantitative estimate of drug-likeness (QED) is 0.525. The van der Waals surface area contributed by atoms with Gasteiger partial charge in [0.1, 0.15) is 11.5 Å². The number of aryl methyl sites for hydroxylation is 2. The van der Waals surface area contributed by atoms with E-state index >= 15 is 0 Å². The van der Waals surface area contributed by atoms with E-state index in [1.54, 1.807) is 23.9 Å².